The van der Waals surface area contributed by atoms with E-state index in [1.54, 1.807) is 0 Å². The zero-order valence-corrected chi connectivity index (χ0v) is 10.8. The van der Waals surface area contributed by atoms with Crippen LogP contribution in [0, 0.1) is 5.92 Å². The van der Waals surface area contributed by atoms with Crippen LogP contribution < -0.4 is 4.90 Å². The van der Waals surface area contributed by atoms with E-state index < -0.39 is 0 Å². The molecule has 1 aromatic rings. The first kappa shape index (κ1) is 11.7. The van der Waals surface area contributed by atoms with Crippen LogP contribution in [0.1, 0.15) is 18.9 Å². The van der Waals surface area contributed by atoms with Crippen LogP contribution >= 0.6 is 0 Å². The van der Waals surface area contributed by atoms with Gasteiger partial charge < -0.3 is 9.64 Å². The van der Waals surface area contributed by atoms with Crippen molar-refractivity contribution in [3.63, 3.8) is 0 Å². The number of anilines is 1. The standard InChI is InChI=1S/C15H19NO2/c1-11-8-12-4-2-3-5-14(12)16(11)9-13-10-18-7-6-15(13)17/h2-5,11,13H,6-10H2,1H3. The average molecular weight is 245 g/mol. The first-order valence-electron chi connectivity index (χ1n) is 6.70. The van der Waals surface area contributed by atoms with Gasteiger partial charge in [0.1, 0.15) is 5.78 Å². The molecule has 18 heavy (non-hydrogen) atoms. The molecule has 1 saturated heterocycles. The van der Waals surface area contributed by atoms with Gasteiger partial charge in [-0.15, -0.1) is 0 Å². The van der Waals surface area contributed by atoms with Gasteiger partial charge in [-0.05, 0) is 25.0 Å². The van der Waals surface area contributed by atoms with Crippen LogP contribution in [-0.2, 0) is 16.0 Å². The lowest BCUT2D eigenvalue weighted by Gasteiger charge is -2.30. The van der Waals surface area contributed by atoms with Gasteiger partial charge in [0.15, 0.2) is 0 Å². The number of fused-ring (bicyclic) bond motifs is 1. The van der Waals surface area contributed by atoms with Gasteiger partial charge in [-0.2, -0.15) is 0 Å². The van der Waals surface area contributed by atoms with Crippen molar-refractivity contribution < 1.29 is 9.53 Å². The van der Waals surface area contributed by atoms with Crippen LogP contribution in [-0.4, -0.2) is 31.6 Å². The molecular formula is C15H19NO2. The van der Waals surface area contributed by atoms with Gasteiger partial charge >= 0.3 is 0 Å². The number of carbonyl (C=O) groups excluding carboxylic acids is 1. The maximum absolute atomic E-state index is 11.9. The first-order valence-corrected chi connectivity index (χ1v) is 6.70. The zero-order valence-electron chi connectivity index (χ0n) is 10.8. The Morgan fingerprint density at radius 2 is 2.22 bits per heavy atom. The van der Waals surface area contributed by atoms with Gasteiger partial charge in [0, 0.05) is 24.7 Å². The Morgan fingerprint density at radius 1 is 1.39 bits per heavy atom. The molecule has 0 bridgehead atoms. The number of ketones is 1. The summed E-state index contributed by atoms with van der Waals surface area (Å²) in [6.07, 6.45) is 1.66. The SMILES string of the molecule is CC1Cc2ccccc2N1CC1COCCC1=O. The number of benzene rings is 1. The number of hydrogen-bond donors (Lipinski definition) is 0. The molecule has 96 valence electrons. The van der Waals surface area contributed by atoms with Crippen LogP contribution in [0.15, 0.2) is 24.3 Å². The van der Waals surface area contributed by atoms with E-state index in [0.717, 1.165) is 13.0 Å². The second-order valence-electron chi connectivity index (χ2n) is 5.32. The quantitative estimate of drug-likeness (QED) is 0.798. The summed E-state index contributed by atoms with van der Waals surface area (Å²) in [4.78, 5) is 14.3. The number of ether oxygens (including phenoxy) is 1. The molecular weight excluding hydrogens is 226 g/mol. The molecule has 2 atom stereocenters. The minimum atomic E-state index is 0.0485. The highest BCUT2D eigenvalue weighted by Crippen LogP contribution is 2.32. The third-order valence-corrected chi connectivity index (χ3v) is 4.03. The normalized spacial score (nSPS) is 27.4. The predicted octanol–water partition coefficient (Wildman–Crippen LogP) is 2.04. The van der Waals surface area contributed by atoms with Crippen LogP contribution in [0.3, 0.4) is 0 Å². The molecule has 2 heterocycles. The maximum Gasteiger partial charge on any atom is 0.142 e. The number of Topliss-reactive ketones (excluding diaryl/α,β-unsaturated/α-hetero) is 1. The third-order valence-electron chi connectivity index (χ3n) is 4.03. The molecule has 0 aliphatic carbocycles. The van der Waals surface area contributed by atoms with Crippen molar-refractivity contribution >= 4 is 11.5 Å². The fourth-order valence-corrected chi connectivity index (χ4v) is 3.00. The monoisotopic (exact) mass is 245 g/mol. The Labute approximate surface area is 108 Å². The second kappa shape index (κ2) is 4.73. The van der Waals surface area contributed by atoms with E-state index in [1.807, 2.05) is 0 Å². The van der Waals surface area contributed by atoms with Crippen molar-refractivity contribution in [1.82, 2.24) is 0 Å². The molecule has 0 aromatic heterocycles. The van der Waals surface area contributed by atoms with Crippen LogP contribution in [0.2, 0.25) is 0 Å². The fraction of sp³-hybridized carbons (Fsp3) is 0.533. The minimum Gasteiger partial charge on any atom is -0.380 e. The Hall–Kier alpha value is -1.35. The largest absolute Gasteiger partial charge is 0.380 e. The molecule has 0 spiro atoms. The van der Waals surface area contributed by atoms with E-state index in [1.165, 1.54) is 11.3 Å². The summed E-state index contributed by atoms with van der Waals surface area (Å²) in [7, 11) is 0. The van der Waals surface area contributed by atoms with Crippen LogP contribution in [0.4, 0.5) is 5.69 Å². The molecule has 1 aromatic carbocycles. The number of rotatable bonds is 2. The average Bonchev–Trinajstić information content (AvgIpc) is 2.69. The lowest BCUT2D eigenvalue weighted by atomic mass is 9.99. The fourth-order valence-electron chi connectivity index (χ4n) is 3.00. The molecule has 0 radical (unpaired) electrons. The highest BCUT2D eigenvalue weighted by molar-refractivity contribution is 5.82. The van der Waals surface area contributed by atoms with Gasteiger partial charge in [0.25, 0.3) is 0 Å². The molecule has 0 amide bonds. The summed E-state index contributed by atoms with van der Waals surface area (Å²) in [5.74, 6) is 0.408. The molecule has 1 fully saturated rings. The zero-order chi connectivity index (χ0) is 12.5. The molecule has 2 aliphatic heterocycles. The number of carbonyl (C=O) groups is 1. The number of nitrogens with zero attached hydrogens (tertiary/aromatic N) is 1. The number of hydrogen-bond acceptors (Lipinski definition) is 3. The summed E-state index contributed by atoms with van der Waals surface area (Å²) >= 11 is 0. The second-order valence-corrected chi connectivity index (χ2v) is 5.32. The first-order chi connectivity index (χ1) is 8.75. The van der Waals surface area contributed by atoms with E-state index in [2.05, 4.69) is 36.1 Å². The van der Waals surface area contributed by atoms with E-state index in [0.29, 0.717) is 31.5 Å². The Bertz CT molecular complexity index is 458. The van der Waals surface area contributed by atoms with E-state index >= 15 is 0 Å². The van der Waals surface area contributed by atoms with Gasteiger partial charge in [-0.25, -0.2) is 0 Å². The molecule has 2 aliphatic rings. The molecule has 3 heteroatoms. The van der Waals surface area contributed by atoms with Crippen molar-refractivity contribution in [3.05, 3.63) is 29.8 Å². The van der Waals surface area contributed by atoms with Crippen molar-refractivity contribution in [2.24, 2.45) is 5.92 Å². The number of para-hydroxylation sites is 1. The van der Waals surface area contributed by atoms with Gasteiger partial charge in [-0.3, -0.25) is 4.79 Å². The Morgan fingerprint density at radius 3 is 3.06 bits per heavy atom. The van der Waals surface area contributed by atoms with Crippen molar-refractivity contribution in [2.75, 3.05) is 24.7 Å². The van der Waals surface area contributed by atoms with Crippen LogP contribution in [0.25, 0.3) is 0 Å². The summed E-state index contributed by atoms with van der Waals surface area (Å²) in [5, 5.41) is 0. The van der Waals surface area contributed by atoms with Crippen LogP contribution in [0.5, 0.6) is 0 Å². The summed E-state index contributed by atoms with van der Waals surface area (Å²) in [5.41, 5.74) is 2.69. The Kier molecular flexibility index (Phi) is 3.08. The van der Waals surface area contributed by atoms with E-state index in [9.17, 15) is 4.79 Å². The van der Waals surface area contributed by atoms with Gasteiger partial charge in [-0.1, -0.05) is 18.2 Å². The summed E-state index contributed by atoms with van der Waals surface area (Å²) in [6.45, 7) is 4.22. The van der Waals surface area contributed by atoms with E-state index in [4.69, 9.17) is 4.74 Å². The highest BCUT2D eigenvalue weighted by atomic mass is 16.5. The molecule has 3 rings (SSSR count). The van der Waals surface area contributed by atoms with E-state index in [-0.39, 0.29) is 5.92 Å². The molecule has 0 saturated carbocycles. The highest BCUT2D eigenvalue weighted by Gasteiger charge is 2.31. The third kappa shape index (κ3) is 2.03. The smallest absolute Gasteiger partial charge is 0.142 e. The lowest BCUT2D eigenvalue weighted by molar-refractivity contribution is -0.129. The molecule has 2 unspecified atom stereocenters. The Balaban J connectivity index is 1.78. The molecule has 0 N–H and O–H groups in total. The summed E-state index contributed by atoms with van der Waals surface area (Å²) < 4.78 is 5.44. The summed E-state index contributed by atoms with van der Waals surface area (Å²) in [6, 6.07) is 8.99. The van der Waals surface area contributed by atoms with Gasteiger partial charge in [0.2, 0.25) is 0 Å². The topological polar surface area (TPSA) is 29.5 Å². The predicted molar refractivity (Wildman–Crippen MR) is 70.9 cm³/mol. The molecule has 3 nitrogen and oxygen atoms in total. The van der Waals surface area contributed by atoms with Gasteiger partial charge in [0.05, 0.1) is 19.1 Å². The van der Waals surface area contributed by atoms with Crippen molar-refractivity contribution in [1.29, 1.82) is 0 Å². The van der Waals surface area contributed by atoms with Crippen molar-refractivity contribution in [3.8, 4) is 0 Å². The van der Waals surface area contributed by atoms with Crippen molar-refractivity contribution in [2.45, 2.75) is 25.8 Å². The maximum atomic E-state index is 11.9. The minimum absolute atomic E-state index is 0.0485. The lowest BCUT2D eigenvalue weighted by Crippen LogP contribution is -2.41.